The Morgan fingerprint density at radius 3 is 2.06 bits per heavy atom. The molecule has 0 atom stereocenters. The molecular formula is C16H15FO. The molecule has 0 aliphatic heterocycles. The highest BCUT2D eigenvalue weighted by atomic mass is 19.1. The van der Waals surface area contributed by atoms with Gasteiger partial charge in [0.05, 0.1) is 0 Å². The van der Waals surface area contributed by atoms with Crippen molar-refractivity contribution in [1.29, 1.82) is 0 Å². The quantitative estimate of drug-likeness (QED) is 0.728. The van der Waals surface area contributed by atoms with E-state index < -0.39 is 0 Å². The molecule has 0 radical (unpaired) electrons. The summed E-state index contributed by atoms with van der Waals surface area (Å²) >= 11 is 0. The molecular weight excluding hydrogens is 227 g/mol. The van der Waals surface area contributed by atoms with Gasteiger partial charge in [-0.25, -0.2) is 4.39 Å². The molecule has 0 fully saturated rings. The molecule has 0 aromatic heterocycles. The van der Waals surface area contributed by atoms with Gasteiger partial charge in [-0.15, -0.1) is 0 Å². The highest BCUT2D eigenvalue weighted by Crippen LogP contribution is 2.21. The zero-order chi connectivity index (χ0) is 13.3. The van der Waals surface area contributed by atoms with Gasteiger partial charge in [0.25, 0.3) is 0 Å². The molecule has 0 saturated heterocycles. The average Bonchev–Trinajstić information content (AvgIpc) is 2.27. The monoisotopic (exact) mass is 242 g/mol. The smallest absolute Gasteiger partial charge is 0.193 e. The maximum absolute atomic E-state index is 13.2. The Morgan fingerprint density at radius 1 is 0.944 bits per heavy atom. The summed E-state index contributed by atoms with van der Waals surface area (Å²) in [5, 5.41) is 0. The molecule has 0 aliphatic carbocycles. The van der Waals surface area contributed by atoms with Gasteiger partial charge in [0.15, 0.2) is 5.78 Å². The third-order valence-corrected chi connectivity index (χ3v) is 3.11. The van der Waals surface area contributed by atoms with Gasteiger partial charge < -0.3 is 0 Å². The number of rotatable bonds is 2. The van der Waals surface area contributed by atoms with Crippen molar-refractivity contribution in [3.63, 3.8) is 0 Å². The van der Waals surface area contributed by atoms with Crippen LogP contribution in [-0.4, -0.2) is 5.78 Å². The van der Waals surface area contributed by atoms with Crippen LogP contribution in [0.15, 0.2) is 36.4 Å². The second-order valence-corrected chi connectivity index (χ2v) is 4.56. The van der Waals surface area contributed by atoms with Crippen molar-refractivity contribution in [3.05, 3.63) is 70.0 Å². The molecule has 18 heavy (non-hydrogen) atoms. The van der Waals surface area contributed by atoms with Gasteiger partial charge >= 0.3 is 0 Å². The van der Waals surface area contributed by atoms with E-state index in [0.717, 1.165) is 5.56 Å². The zero-order valence-electron chi connectivity index (χ0n) is 10.8. The standard InChI is InChI=1S/C16H15FO/c1-10-6-4-5-7-14(10)16(18)15-11(2)8-13(17)9-12(15)3/h4-9H,1-3H3. The van der Waals surface area contributed by atoms with Crippen LogP contribution in [0.1, 0.15) is 32.6 Å². The lowest BCUT2D eigenvalue weighted by Gasteiger charge is -2.10. The van der Waals surface area contributed by atoms with Crippen LogP contribution >= 0.6 is 0 Å². The summed E-state index contributed by atoms with van der Waals surface area (Å²) in [5.41, 5.74) is 3.58. The molecule has 0 aliphatic rings. The molecule has 1 nitrogen and oxygen atoms in total. The number of hydrogen-bond donors (Lipinski definition) is 0. The fraction of sp³-hybridized carbons (Fsp3) is 0.188. The lowest BCUT2D eigenvalue weighted by molar-refractivity contribution is 0.103. The first-order chi connectivity index (χ1) is 8.50. The Labute approximate surface area is 106 Å². The van der Waals surface area contributed by atoms with Gasteiger partial charge in [0.1, 0.15) is 5.82 Å². The highest BCUT2D eigenvalue weighted by Gasteiger charge is 2.16. The maximum atomic E-state index is 13.2. The lowest BCUT2D eigenvalue weighted by Crippen LogP contribution is -2.08. The summed E-state index contributed by atoms with van der Waals surface area (Å²) in [6, 6.07) is 10.3. The van der Waals surface area contributed by atoms with Crippen molar-refractivity contribution in [2.45, 2.75) is 20.8 Å². The van der Waals surface area contributed by atoms with E-state index in [9.17, 15) is 9.18 Å². The SMILES string of the molecule is Cc1ccccc1C(=O)c1c(C)cc(F)cc1C. The molecule has 0 bridgehead atoms. The summed E-state index contributed by atoms with van der Waals surface area (Å²) < 4.78 is 13.2. The molecule has 92 valence electrons. The molecule has 2 rings (SSSR count). The predicted octanol–water partition coefficient (Wildman–Crippen LogP) is 3.98. The first kappa shape index (κ1) is 12.5. The minimum Gasteiger partial charge on any atom is -0.289 e. The average molecular weight is 242 g/mol. The second-order valence-electron chi connectivity index (χ2n) is 4.56. The summed E-state index contributed by atoms with van der Waals surface area (Å²) in [7, 11) is 0. The van der Waals surface area contributed by atoms with Crippen molar-refractivity contribution in [2.75, 3.05) is 0 Å². The summed E-state index contributed by atoms with van der Waals surface area (Å²) in [6.45, 7) is 5.44. The Balaban J connectivity index is 2.57. The summed E-state index contributed by atoms with van der Waals surface area (Å²) in [5.74, 6) is -0.338. The summed E-state index contributed by atoms with van der Waals surface area (Å²) in [6.07, 6.45) is 0. The molecule has 2 aromatic carbocycles. The van der Waals surface area contributed by atoms with Crippen molar-refractivity contribution in [1.82, 2.24) is 0 Å². The number of benzene rings is 2. The van der Waals surface area contributed by atoms with Crippen LogP contribution in [0.5, 0.6) is 0 Å². The van der Waals surface area contributed by atoms with Crippen LogP contribution < -0.4 is 0 Å². The second kappa shape index (κ2) is 4.73. The minimum atomic E-state index is -0.300. The first-order valence-electron chi connectivity index (χ1n) is 5.88. The zero-order valence-corrected chi connectivity index (χ0v) is 10.8. The number of ketones is 1. The molecule has 0 amide bonds. The number of carbonyl (C=O) groups is 1. The van der Waals surface area contributed by atoms with E-state index in [1.54, 1.807) is 19.9 Å². The fourth-order valence-corrected chi connectivity index (χ4v) is 2.23. The number of halogens is 1. The predicted molar refractivity (Wildman–Crippen MR) is 70.5 cm³/mol. The van der Waals surface area contributed by atoms with Gasteiger partial charge in [-0.1, -0.05) is 24.3 Å². The molecule has 2 heteroatoms. The van der Waals surface area contributed by atoms with Crippen LogP contribution in [0.25, 0.3) is 0 Å². The van der Waals surface area contributed by atoms with E-state index >= 15 is 0 Å². The highest BCUT2D eigenvalue weighted by molar-refractivity contribution is 6.11. The lowest BCUT2D eigenvalue weighted by atomic mass is 9.93. The van der Waals surface area contributed by atoms with Crippen LogP contribution in [-0.2, 0) is 0 Å². The van der Waals surface area contributed by atoms with Crippen LogP contribution in [0.2, 0.25) is 0 Å². The van der Waals surface area contributed by atoms with E-state index in [1.165, 1.54) is 12.1 Å². The van der Waals surface area contributed by atoms with E-state index in [1.807, 2.05) is 25.1 Å². The van der Waals surface area contributed by atoms with Crippen molar-refractivity contribution >= 4 is 5.78 Å². The van der Waals surface area contributed by atoms with Crippen molar-refractivity contribution in [3.8, 4) is 0 Å². The largest absolute Gasteiger partial charge is 0.289 e. The topological polar surface area (TPSA) is 17.1 Å². The van der Waals surface area contributed by atoms with Gasteiger partial charge in [0, 0.05) is 11.1 Å². The molecule has 2 aromatic rings. The van der Waals surface area contributed by atoms with Crippen LogP contribution in [0.3, 0.4) is 0 Å². The normalized spacial score (nSPS) is 10.4. The molecule has 0 saturated carbocycles. The molecule has 0 heterocycles. The number of carbonyl (C=O) groups excluding carboxylic acids is 1. The first-order valence-corrected chi connectivity index (χ1v) is 5.88. The molecule has 0 unspecified atom stereocenters. The summed E-state index contributed by atoms with van der Waals surface area (Å²) in [4.78, 5) is 12.5. The van der Waals surface area contributed by atoms with E-state index in [-0.39, 0.29) is 11.6 Å². The van der Waals surface area contributed by atoms with E-state index in [2.05, 4.69) is 0 Å². The van der Waals surface area contributed by atoms with Crippen molar-refractivity contribution in [2.24, 2.45) is 0 Å². The van der Waals surface area contributed by atoms with Gasteiger partial charge in [-0.05, 0) is 49.6 Å². The maximum Gasteiger partial charge on any atom is 0.193 e. The minimum absolute atomic E-state index is 0.0388. The van der Waals surface area contributed by atoms with E-state index in [0.29, 0.717) is 22.3 Å². The van der Waals surface area contributed by atoms with Crippen LogP contribution in [0.4, 0.5) is 4.39 Å². The molecule has 0 spiro atoms. The van der Waals surface area contributed by atoms with Gasteiger partial charge in [-0.3, -0.25) is 4.79 Å². The Morgan fingerprint density at radius 2 is 1.50 bits per heavy atom. The van der Waals surface area contributed by atoms with Gasteiger partial charge in [0.2, 0.25) is 0 Å². The van der Waals surface area contributed by atoms with Crippen LogP contribution in [0, 0.1) is 26.6 Å². The molecule has 0 N–H and O–H groups in total. The number of aryl methyl sites for hydroxylation is 3. The van der Waals surface area contributed by atoms with Crippen molar-refractivity contribution < 1.29 is 9.18 Å². The Kier molecular flexibility index (Phi) is 3.28. The Hall–Kier alpha value is -1.96. The number of hydrogen-bond acceptors (Lipinski definition) is 1. The van der Waals surface area contributed by atoms with Gasteiger partial charge in [-0.2, -0.15) is 0 Å². The third kappa shape index (κ3) is 2.19. The van der Waals surface area contributed by atoms with E-state index in [4.69, 9.17) is 0 Å². The third-order valence-electron chi connectivity index (χ3n) is 3.11. The fourth-order valence-electron chi connectivity index (χ4n) is 2.23. The Bertz CT molecular complexity index is 591.